The van der Waals surface area contributed by atoms with Gasteiger partial charge in [0.15, 0.2) is 17.3 Å². The molecular formula is C18H20F2N6. The van der Waals surface area contributed by atoms with Crippen LogP contribution < -0.4 is 16.8 Å². The van der Waals surface area contributed by atoms with E-state index in [9.17, 15) is 8.78 Å². The Hall–Kier alpha value is -2.74. The highest BCUT2D eigenvalue weighted by atomic mass is 19.2. The second-order valence-electron chi connectivity index (χ2n) is 6.71. The molecule has 0 spiro atoms. The van der Waals surface area contributed by atoms with Crippen LogP contribution in [-0.2, 0) is 0 Å². The quantitative estimate of drug-likeness (QED) is 0.668. The molecule has 0 bridgehead atoms. The largest absolute Gasteiger partial charge is 0.382 e. The van der Waals surface area contributed by atoms with Crippen molar-refractivity contribution in [3.8, 4) is 0 Å². The number of aromatic nitrogens is 3. The van der Waals surface area contributed by atoms with Crippen molar-refractivity contribution in [3.05, 3.63) is 47.8 Å². The van der Waals surface area contributed by atoms with E-state index in [1.165, 1.54) is 16.6 Å². The van der Waals surface area contributed by atoms with Gasteiger partial charge in [-0.15, -0.1) is 5.10 Å². The second-order valence-corrected chi connectivity index (χ2v) is 6.71. The summed E-state index contributed by atoms with van der Waals surface area (Å²) in [6.45, 7) is 0. The normalized spacial score (nSPS) is 20.4. The summed E-state index contributed by atoms with van der Waals surface area (Å²) in [5.41, 5.74) is 14.2. The Morgan fingerprint density at radius 1 is 1.15 bits per heavy atom. The molecule has 0 aliphatic heterocycles. The number of imidazole rings is 1. The van der Waals surface area contributed by atoms with E-state index in [1.807, 2.05) is 0 Å². The lowest BCUT2D eigenvalue weighted by Crippen LogP contribution is -2.26. The predicted octanol–water partition coefficient (Wildman–Crippen LogP) is 3.32. The van der Waals surface area contributed by atoms with Gasteiger partial charge in [-0.2, -0.15) is 0 Å². The standard InChI is InChI=1S/C18H20F2N6/c19-12-2-1-3-13(15(12)20)24-16-14(10-4-6-11(21)7-5-10)17(22)25-26-9-8-23-18(16)26/h1-3,8-11,24H,4-7,21H2,(H2,22,25)/t10-,11-. The molecule has 4 rings (SSSR count). The van der Waals surface area contributed by atoms with E-state index in [1.54, 1.807) is 12.4 Å². The fourth-order valence-corrected chi connectivity index (χ4v) is 3.65. The summed E-state index contributed by atoms with van der Waals surface area (Å²) in [6, 6.07) is 4.20. The molecule has 0 radical (unpaired) electrons. The van der Waals surface area contributed by atoms with E-state index < -0.39 is 11.6 Å². The third-order valence-corrected chi connectivity index (χ3v) is 5.00. The van der Waals surface area contributed by atoms with Gasteiger partial charge in [0.25, 0.3) is 0 Å². The number of halogens is 2. The number of anilines is 3. The zero-order chi connectivity index (χ0) is 18.3. The van der Waals surface area contributed by atoms with E-state index in [0.717, 1.165) is 37.3 Å². The molecule has 0 unspecified atom stereocenters. The number of nitrogens with one attached hydrogen (secondary N) is 1. The summed E-state index contributed by atoms with van der Waals surface area (Å²) in [7, 11) is 0. The Bertz CT molecular complexity index is 946. The van der Waals surface area contributed by atoms with Crippen LogP contribution in [0.4, 0.5) is 26.0 Å². The number of fused-ring (bicyclic) bond motifs is 1. The minimum atomic E-state index is -0.941. The van der Waals surface area contributed by atoms with Crippen molar-refractivity contribution in [1.29, 1.82) is 0 Å². The molecule has 8 heteroatoms. The van der Waals surface area contributed by atoms with Crippen molar-refractivity contribution in [1.82, 2.24) is 14.6 Å². The molecule has 1 fully saturated rings. The topological polar surface area (TPSA) is 94.3 Å². The number of nitrogens with zero attached hydrogens (tertiary/aromatic N) is 3. The number of hydrogen-bond acceptors (Lipinski definition) is 5. The Kier molecular flexibility index (Phi) is 4.20. The SMILES string of the molecule is Nc1nn2ccnc2c(Nc2cccc(F)c2F)c1[C@H]1CC[C@H](N)CC1. The van der Waals surface area contributed by atoms with Crippen LogP contribution in [0.5, 0.6) is 0 Å². The fraction of sp³-hybridized carbons (Fsp3) is 0.333. The molecule has 136 valence electrons. The van der Waals surface area contributed by atoms with Crippen molar-refractivity contribution in [2.75, 3.05) is 11.1 Å². The number of nitrogen functional groups attached to an aromatic ring is 1. The van der Waals surface area contributed by atoms with Gasteiger partial charge in [0.05, 0.1) is 11.4 Å². The smallest absolute Gasteiger partial charge is 0.182 e. The van der Waals surface area contributed by atoms with Gasteiger partial charge in [-0.1, -0.05) is 6.07 Å². The zero-order valence-electron chi connectivity index (χ0n) is 14.1. The summed E-state index contributed by atoms with van der Waals surface area (Å²) in [6.07, 6.45) is 6.76. The average molecular weight is 358 g/mol. The molecule has 1 aromatic carbocycles. The van der Waals surface area contributed by atoms with Crippen molar-refractivity contribution >= 4 is 22.8 Å². The first kappa shape index (κ1) is 16.7. The van der Waals surface area contributed by atoms with Gasteiger partial charge in [0.1, 0.15) is 5.82 Å². The van der Waals surface area contributed by atoms with Crippen LogP contribution in [0, 0.1) is 11.6 Å². The Morgan fingerprint density at radius 2 is 1.92 bits per heavy atom. The van der Waals surface area contributed by atoms with Gasteiger partial charge in [-0.25, -0.2) is 18.3 Å². The molecule has 6 nitrogen and oxygen atoms in total. The maximum absolute atomic E-state index is 14.2. The Labute approximate surface area is 149 Å². The Morgan fingerprint density at radius 3 is 2.69 bits per heavy atom. The summed E-state index contributed by atoms with van der Waals surface area (Å²) >= 11 is 0. The lowest BCUT2D eigenvalue weighted by molar-refractivity contribution is 0.396. The van der Waals surface area contributed by atoms with Gasteiger partial charge in [-0.3, -0.25) is 0 Å². The molecule has 1 saturated carbocycles. The lowest BCUT2D eigenvalue weighted by Gasteiger charge is -2.28. The molecule has 2 aromatic heterocycles. The Balaban J connectivity index is 1.84. The number of benzene rings is 1. The first-order valence-corrected chi connectivity index (χ1v) is 8.64. The van der Waals surface area contributed by atoms with Crippen molar-refractivity contribution in [3.63, 3.8) is 0 Å². The first-order valence-electron chi connectivity index (χ1n) is 8.64. The molecule has 2 heterocycles. The molecular weight excluding hydrogens is 338 g/mol. The molecule has 3 aromatic rings. The van der Waals surface area contributed by atoms with E-state index in [0.29, 0.717) is 17.2 Å². The highest BCUT2D eigenvalue weighted by Crippen LogP contribution is 2.41. The zero-order valence-corrected chi connectivity index (χ0v) is 14.1. The van der Waals surface area contributed by atoms with Crippen LogP contribution in [-0.4, -0.2) is 20.6 Å². The van der Waals surface area contributed by atoms with E-state index >= 15 is 0 Å². The molecule has 0 amide bonds. The summed E-state index contributed by atoms with van der Waals surface area (Å²) in [4.78, 5) is 4.32. The number of hydrogen-bond donors (Lipinski definition) is 3. The number of nitrogens with two attached hydrogens (primary N) is 2. The van der Waals surface area contributed by atoms with Gasteiger partial charge < -0.3 is 16.8 Å². The minimum Gasteiger partial charge on any atom is -0.382 e. The summed E-state index contributed by atoms with van der Waals surface area (Å²) < 4.78 is 29.4. The third kappa shape index (κ3) is 2.86. The summed E-state index contributed by atoms with van der Waals surface area (Å²) in [5, 5.41) is 7.38. The highest BCUT2D eigenvalue weighted by molar-refractivity contribution is 5.80. The predicted molar refractivity (Wildman–Crippen MR) is 96.2 cm³/mol. The highest BCUT2D eigenvalue weighted by Gasteiger charge is 2.27. The van der Waals surface area contributed by atoms with E-state index in [2.05, 4.69) is 15.4 Å². The van der Waals surface area contributed by atoms with Gasteiger partial charge in [-0.05, 0) is 43.7 Å². The number of rotatable bonds is 3. The molecule has 26 heavy (non-hydrogen) atoms. The van der Waals surface area contributed by atoms with Crippen LogP contribution >= 0.6 is 0 Å². The molecule has 1 aliphatic carbocycles. The van der Waals surface area contributed by atoms with Crippen LogP contribution in [0.1, 0.15) is 37.2 Å². The molecule has 0 atom stereocenters. The van der Waals surface area contributed by atoms with Crippen molar-refractivity contribution in [2.24, 2.45) is 5.73 Å². The third-order valence-electron chi connectivity index (χ3n) is 5.00. The van der Waals surface area contributed by atoms with Crippen LogP contribution in [0.15, 0.2) is 30.6 Å². The van der Waals surface area contributed by atoms with Crippen LogP contribution in [0.3, 0.4) is 0 Å². The van der Waals surface area contributed by atoms with Gasteiger partial charge in [0.2, 0.25) is 0 Å². The van der Waals surface area contributed by atoms with Gasteiger partial charge in [0, 0.05) is 24.0 Å². The average Bonchev–Trinajstić information content (AvgIpc) is 3.08. The summed E-state index contributed by atoms with van der Waals surface area (Å²) in [5.74, 6) is -1.36. The molecule has 1 aliphatic rings. The first-order chi connectivity index (χ1) is 12.5. The maximum Gasteiger partial charge on any atom is 0.182 e. The van der Waals surface area contributed by atoms with E-state index in [4.69, 9.17) is 11.5 Å². The van der Waals surface area contributed by atoms with E-state index in [-0.39, 0.29) is 17.6 Å². The van der Waals surface area contributed by atoms with Crippen LogP contribution in [0.25, 0.3) is 5.65 Å². The van der Waals surface area contributed by atoms with Gasteiger partial charge >= 0.3 is 0 Å². The monoisotopic (exact) mass is 358 g/mol. The lowest BCUT2D eigenvalue weighted by atomic mass is 9.81. The molecule has 5 N–H and O–H groups in total. The van der Waals surface area contributed by atoms with Crippen molar-refractivity contribution < 1.29 is 8.78 Å². The fourth-order valence-electron chi connectivity index (χ4n) is 3.65. The second kappa shape index (κ2) is 6.53. The van der Waals surface area contributed by atoms with Crippen LogP contribution in [0.2, 0.25) is 0 Å². The minimum absolute atomic E-state index is 0.0364. The van der Waals surface area contributed by atoms with Crippen molar-refractivity contribution in [2.45, 2.75) is 37.6 Å². The maximum atomic E-state index is 14.2. The molecule has 0 saturated heterocycles.